The zero-order chi connectivity index (χ0) is 12.1. The van der Waals surface area contributed by atoms with Crippen LogP contribution in [0.25, 0.3) is 0 Å². The van der Waals surface area contributed by atoms with E-state index in [0.717, 1.165) is 0 Å². The smallest absolute Gasteiger partial charge is 0.251 e. The number of nitrogens with two attached hydrogens (primary N) is 1. The van der Waals surface area contributed by atoms with Crippen molar-refractivity contribution in [1.82, 2.24) is 5.32 Å². The second kappa shape index (κ2) is 5.37. The minimum atomic E-state index is -0.534. The largest absolute Gasteiger partial charge is 0.409 e. The Hall–Kier alpha value is -1.75. The Morgan fingerprint density at radius 2 is 2.06 bits per heavy atom. The Kier molecular flexibility index (Phi) is 4.13. The fourth-order valence-electron chi connectivity index (χ4n) is 1.04. The molecule has 1 aromatic carbocycles. The van der Waals surface area contributed by atoms with Gasteiger partial charge in [0.1, 0.15) is 0 Å². The number of amidine groups is 1. The number of carbonyl (C=O) groups excluding carboxylic acids is 1. The molecule has 0 spiro atoms. The van der Waals surface area contributed by atoms with Crippen LogP contribution >= 0.6 is 11.6 Å². The number of benzene rings is 1. The predicted octanol–water partition coefficient (Wildman–Crippen LogP) is 1.20. The molecule has 4 N–H and O–H groups in total. The topological polar surface area (TPSA) is 87.7 Å². The Balaban J connectivity index is 2.69. The first-order chi connectivity index (χ1) is 7.54. The molecule has 1 atom stereocenters. The molecule has 0 radical (unpaired) electrons. The Morgan fingerprint density at radius 3 is 2.56 bits per heavy atom. The first-order valence-electron chi connectivity index (χ1n) is 4.58. The first kappa shape index (κ1) is 12.3. The molecule has 0 saturated heterocycles. The number of nitrogens with zero attached hydrogens (tertiary/aromatic N) is 1. The van der Waals surface area contributed by atoms with Gasteiger partial charge in [-0.25, -0.2) is 0 Å². The third-order valence-electron chi connectivity index (χ3n) is 2.01. The van der Waals surface area contributed by atoms with E-state index in [-0.39, 0.29) is 11.7 Å². The van der Waals surface area contributed by atoms with Gasteiger partial charge in [-0.05, 0) is 31.2 Å². The van der Waals surface area contributed by atoms with Gasteiger partial charge in [0.05, 0.1) is 6.04 Å². The number of oxime groups is 1. The Morgan fingerprint density at radius 1 is 1.50 bits per heavy atom. The third-order valence-corrected chi connectivity index (χ3v) is 2.27. The molecule has 0 fully saturated rings. The molecular formula is C10H12ClN3O2. The number of halogens is 1. The van der Waals surface area contributed by atoms with Gasteiger partial charge in [0, 0.05) is 10.6 Å². The van der Waals surface area contributed by atoms with Crippen LogP contribution in [0.1, 0.15) is 17.3 Å². The molecule has 1 unspecified atom stereocenters. The van der Waals surface area contributed by atoms with Crippen molar-refractivity contribution in [3.8, 4) is 0 Å². The van der Waals surface area contributed by atoms with Crippen molar-refractivity contribution in [2.24, 2.45) is 10.9 Å². The molecule has 0 bridgehead atoms. The van der Waals surface area contributed by atoms with E-state index in [1.165, 1.54) is 0 Å². The third kappa shape index (κ3) is 3.13. The van der Waals surface area contributed by atoms with E-state index in [1.54, 1.807) is 31.2 Å². The maximum Gasteiger partial charge on any atom is 0.251 e. The van der Waals surface area contributed by atoms with Gasteiger partial charge in [-0.2, -0.15) is 0 Å². The number of amides is 1. The fourth-order valence-corrected chi connectivity index (χ4v) is 1.17. The van der Waals surface area contributed by atoms with E-state index in [4.69, 9.17) is 22.5 Å². The van der Waals surface area contributed by atoms with Crippen molar-refractivity contribution in [3.05, 3.63) is 34.9 Å². The normalized spacial score (nSPS) is 13.2. The minimum Gasteiger partial charge on any atom is -0.409 e. The average Bonchev–Trinajstić information content (AvgIpc) is 2.28. The van der Waals surface area contributed by atoms with E-state index in [2.05, 4.69) is 10.5 Å². The SMILES string of the molecule is CC(NC(=O)c1ccc(Cl)cc1)/C(N)=N/O. The van der Waals surface area contributed by atoms with Crippen LogP contribution in [0.4, 0.5) is 0 Å². The van der Waals surface area contributed by atoms with Crippen LogP contribution in [-0.4, -0.2) is 23.0 Å². The van der Waals surface area contributed by atoms with Gasteiger partial charge in [0.15, 0.2) is 5.84 Å². The molecule has 1 amide bonds. The van der Waals surface area contributed by atoms with Crippen LogP contribution < -0.4 is 11.1 Å². The lowest BCUT2D eigenvalue weighted by Crippen LogP contribution is -2.42. The van der Waals surface area contributed by atoms with E-state index in [0.29, 0.717) is 10.6 Å². The lowest BCUT2D eigenvalue weighted by molar-refractivity contribution is 0.0948. The van der Waals surface area contributed by atoms with E-state index in [1.807, 2.05) is 0 Å². The number of carbonyl (C=O) groups is 1. The summed E-state index contributed by atoms with van der Waals surface area (Å²) in [4.78, 5) is 11.6. The van der Waals surface area contributed by atoms with Crippen molar-refractivity contribution >= 4 is 23.3 Å². The molecule has 0 aliphatic heterocycles. The molecule has 0 aliphatic rings. The Labute approximate surface area is 97.9 Å². The summed E-state index contributed by atoms with van der Waals surface area (Å²) in [6.07, 6.45) is 0. The van der Waals surface area contributed by atoms with Gasteiger partial charge >= 0.3 is 0 Å². The molecule has 86 valence electrons. The monoisotopic (exact) mass is 241 g/mol. The summed E-state index contributed by atoms with van der Waals surface area (Å²) in [5.41, 5.74) is 5.79. The second-order valence-electron chi connectivity index (χ2n) is 3.23. The van der Waals surface area contributed by atoms with Gasteiger partial charge in [-0.15, -0.1) is 0 Å². The van der Waals surface area contributed by atoms with Gasteiger partial charge in [0.25, 0.3) is 5.91 Å². The van der Waals surface area contributed by atoms with Crippen molar-refractivity contribution in [3.63, 3.8) is 0 Å². The van der Waals surface area contributed by atoms with Crippen molar-refractivity contribution < 1.29 is 10.0 Å². The molecule has 16 heavy (non-hydrogen) atoms. The zero-order valence-corrected chi connectivity index (χ0v) is 9.40. The highest BCUT2D eigenvalue weighted by Crippen LogP contribution is 2.09. The second-order valence-corrected chi connectivity index (χ2v) is 3.66. The van der Waals surface area contributed by atoms with Crippen molar-refractivity contribution in [2.45, 2.75) is 13.0 Å². The van der Waals surface area contributed by atoms with E-state index in [9.17, 15) is 4.79 Å². The maximum absolute atomic E-state index is 11.6. The molecule has 0 aromatic heterocycles. The summed E-state index contributed by atoms with van der Waals surface area (Å²) >= 11 is 5.69. The molecule has 0 heterocycles. The lowest BCUT2D eigenvalue weighted by Gasteiger charge is -2.11. The highest BCUT2D eigenvalue weighted by atomic mass is 35.5. The lowest BCUT2D eigenvalue weighted by atomic mass is 10.2. The van der Waals surface area contributed by atoms with Crippen molar-refractivity contribution in [2.75, 3.05) is 0 Å². The summed E-state index contributed by atoms with van der Waals surface area (Å²) in [7, 11) is 0. The van der Waals surface area contributed by atoms with E-state index < -0.39 is 6.04 Å². The van der Waals surface area contributed by atoms with Gasteiger partial charge in [-0.1, -0.05) is 16.8 Å². The summed E-state index contributed by atoms with van der Waals surface area (Å²) in [6.45, 7) is 1.61. The molecule has 0 saturated carbocycles. The van der Waals surface area contributed by atoms with Crippen molar-refractivity contribution in [1.29, 1.82) is 0 Å². The zero-order valence-electron chi connectivity index (χ0n) is 8.64. The molecule has 1 aromatic rings. The summed E-state index contributed by atoms with van der Waals surface area (Å²) in [5, 5.41) is 14.4. The quantitative estimate of drug-likeness (QED) is 0.322. The molecular weight excluding hydrogens is 230 g/mol. The van der Waals surface area contributed by atoms with Gasteiger partial charge in [-0.3, -0.25) is 4.79 Å². The van der Waals surface area contributed by atoms with Crippen LogP contribution in [0.2, 0.25) is 5.02 Å². The minimum absolute atomic E-state index is 0.0534. The average molecular weight is 242 g/mol. The van der Waals surface area contributed by atoms with E-state index >= 15 is 0 Å². The highest BCUT2D eigenvalue weighted by molar-refractivity contribution is 6.30. The standard InChI is InChI=1S/C10H12ClN3O2/c1-6(9(12)14-16)13-10(15)7-2-4-8(11)5-3-7/h2-6,16H,1H3,(H2,12,14)(H,13,15). The highest BCUT2D eigenvalue weighted by Gasteiger charge is 2.12. The van der Waals surface area contributed by atoms with Crippen LogP contribution in [0.3, 0.4) is 0 Å². The van der Waals surface area contributed by atoms with Gasteiger partial charge < -0.3 is 16.3 Å². The molecule has 1 rings (SSSR count). The van der Waals surface area contributed by atoms with Crippen LogP contribution in [0, 0.1) is 0 Å². The van der Waals surface area contributed by atoms with Crippen LogP contribution in [0.15, 0.2) is 29.4 Å². The summed E-state index contributed by atoms with van der Waals surface area (Å²) < 4.78 is 0. The first-order valence-corrected chi connectivity index (χ1v) is 4.96. The molecule has 0 aliphatic carbocycles. The number of nitrogens with one attached hydrogen (secondary N) is 1. The summed E-state index contributed by atoms with van der Waals surface area (Å²) in [6, 6.07) is 5.89. The van der Waals surface area contributed by atoms with Crippen LogP contribution in [0.5, 0.6) is 0 Å². The molecule has 6 heteroatoms. The molecule has 5 nitrogen and oxygen atoms in total. The number of hydrogen-bond acceptors (Lipinski definition) is 3. The maximum atomic E-state index is 11.6. The fraction of sp³-hybridized carbons (Fsp3) is 0.200. The Bertz CT molecular complexity index is 403. The van der Waals surface area contributed by atoms with Gasteiger partial charge in [0.2, 0.25) is 0 Å². The predicted molar refractivity (Wildman–Crippen MR) is 61.8 cm³/mol. The van der Waals surface area contributed by atoms with Crippen LogP contribution in [-0.2, 0) is 0 Å². The number of hydrogen-bond donors (Lipinski definition) is 3. The number of rotatable bonds is 3. The summed E-state index contributed by atoms with van der Waals surface area (Å²) in [5.74, 6) is -0.363.